The normalized spacial score (nSPS) is 13.2. The lowest BCUT2D eigenvalue weighted by Crippen LogP contribution is -2.33. The summed E-state index contributed by atoms with van der Waals surface area (Å²) < 4.78 is 13.8. The minimum absolute atomic E-state index is 0. The lowest BCUT2D eigenvalue weighted by atomic mass is 10.1. The number of hydrogen-bond donors (Lipinski definition) is 1. The van der Waals surface area contributed by atoms with Crippen molar-refractivity contribution in [1.29, 1.82) is 0 Å². The second-order valence-electron chi connectivity index (χ2n) is 6.04. The number of nitrogens with two attached hydrogens (primary N) is 1. The van der Waals surface area contributed by atoms with E-state index < -0.39 is 0 Å². The highest BCUT2D eigenvalue weighted by Gasteiger charge is 2.32. The summed E-state index contributed by atoms with van der Waals surface area (Å²) in [6, 6.07) is 14.5. The Balaban J connectivity index is 0.00000208. The highest BCUT2D eigenvalue weighted by Crippen LogP contribution is 2.29. The van der Waals surface area contributed by atoms with Crippen molar-refractivity contribution in [3.63, 3.8) is 0 Å². The Morgan fingerprint density at radius 3 is 2.33 bits per heavy atom. The molecule has 0 saturated heterocycles. The van der Waals surface area contributed by atoms with Gasteiger partial charge in [0.05, 0.1) is 0 Å². The maximum absolute atomic E-state index is 13.8. The van der Waals surface area contributed by atoms with Gasteiger partial charge >= 0.3 is 0 Å². The molecule has 0 aromatic heterocycles. The highest BCUT2D eigenvalue weighted by molar-refractivity contribution is 5.85. The standard InChI is InChI=1S/C19H21FN2O.ClH/c20-17-7-3-1-6-15(17)13-22(16-10-11-16)19(23)12-9-14-5-2-4-8-18(14)21;/h1-8,16H,9-13,21H2;1H. The third kappa shape index (κ3) is 4.48. The molecule has 3 rings (SSSR count). The average Bonchev–Trinajstić information content (AvgIpc) is 3.38. The van der Waals surface area contributed by atoms with E-state index in [0.29, 0.717) is 30.6 Å². The van der Waals surface area contributed by atoms with E-state index in [1.807, 2.05) is 29.2 Å². The van der Waals surface area contributed by atoms with Crippen LogP contribution >= 0.6 is 12.4 Å². The molecule has 2 aromatic rings. The van der Waals surface area contributed by atoms with Crippen molar-refractivity contribution < 1.29 is 9.18 Å². The van der Waals surface area contributed by atoms with E-state index in [1.165, 1.54) is 6.07 Å². The van der Waals surface area contributed by atoms with Crippen LogP contribution in [0.2, 0.25) is 0 Å². The highest BCUT2D eigenvalue weighted by atomic mass is 35.5. The molecule has 1 amide bonds. The third-order valence-corrected chi connectivity index (χ3v) is 4.27. The molecule has 2 aromatic carbocycles. The molecule has 0 aliphatic heterocycles. The van der Waals surface area contributed by atoms with E-state index in [2.05, 4.69) is 0 Å². The number of carbonyl (C=O) groups excluding carboxylic acids is 1. The smallest absolute Gasteiger partial charge is 0.223 e. The SMILES string of the molecule is Cl.Nc1ccccc1CCC(=O)N(Cc1ccccc1F)C1CC1. The summed E-state index contributed by atoms with van der Waals surface area (Å²) >= 11 is 0. The first-order valence-electron chi connectivity index (χ1n) is 8.01. The number of para-hydroxylation sites is 1. The quantitative estimate of drug-likeness (QED) is 0.803. The van der Waals surface area contributed by atoms with Crippen LogP contribution in [0.25, 0.3) is 0 Å². The van der Waals surface area contributed by atoms with Crippen molar-refractivity contribution in [1.82, 2.24) is 4.90 Å². The Bertz CT molecular complexity index is 703. The molecular weight excluding hydrogens is 327 g/mol. The summed E-state index contributed by atoms with van der Waals surface area (Å²) in [6.07, 6.45) is 3.03. The number of benzene rings is 2. The van der Waals surface area contributed by atoms with E-state index in [1.54, 1.807) is 18.2 Å². The van der Waals surface area contributed by atoms with Gasteiger partial charge in [-0.05, 0) is 37.0 Å². The molecule has 2 N–H and O–H groups in total. The van der Waals surface area contributed by atoms with Gasteiger partial charge in [0.25, 0.3) is 0 Å². The monoisotopic (exact) mass is 348 g/mol. The molecule has 1 aliphatic carbocycles. The number of carbonyl (C=O) groups is 1. The zero-order valence-corrected chi connectivity index (χ0v) is 14.3. The van der Waals surface area contributed by atoms with Crippen LogP contribution in [-0.2, 0) is 17.8 Å². The summed E-state index contributed by atoms with van der Waals surface area (Å²) in [5.41, 5.74) is 8.20. The number of aryl methyl sites for hydroxylation is 1. The Labute approximate surface area is 148 Å². The summed E-state index contributed by atoms with van der Waals surface area (Å²) in [7, 11) is 0. The molecule has 0 spiro atoms. The fourth-order valence-corrected chi connectivity index (χ4v) is 2.76. The summed E-state index contributed by atoms with van der Waals surface area (Å²) in [6.45, 7) is 0.348. The number of amides is 1. The van der Waals surface area contributed by atoms with Gasteiger partial charge in [0.15, 0.2) is 0 Å². The van der Waals surface area contributed by atoms with Gasteiger partial charge in [0.1, 0.15) is 5.82 Å². The van der Waals surface area contributed by atoms with Crippen LogP contribution in [0.1, 0.15) is 30.4 Å². The fraction of sp³-hybridized carbons (Fsp3) is 0.316. The van der Waals surface area contributed by atoms with Crippen LogP contribution in [0.15, 0.2) is 48.5 Å². The number of hydrogen-bond acceptors (Lipinski definition) is 2. The van der Waals surface area contributed by atoms with Gasteiger partial charge in [-0.3, -0.25) is 4.79 Å². The largest absolute Gasteiger partial charge is 0.399 e. The van der Waals surface area contributed by atoms with Gasteiger partial charge in [-0.15, -0.1) is 12.4 Å². The number of rotatable bonds is 6. The van der Waals surface area contributed by atoms with Crippen LogP contribution < -0.4 is 5.73 Å². The molecule has 0 unspecified atom stereocenters. The van der Waals surface area contributed by atoms with Gasteiger partial charge in [0, 0.05) is 30.3 Å². The van der Waals surface area contributed by atoms with E-state index >= 15 is 0 Å². The summed E-state index contributed by atoms with van der Waals surface area (Å²) in [4.78, 5) is 14.4. The maximum Gasteiger partial charge on any atom is 0.223 e. The van der Waals surface area contributed by atoms with Crippen molar-refractivity contribution in [3.8, 4) is 0 Å². The number of anilines is 1. The Morgan fingerprint density at radius 2 is 1.71 bits per heavy atom. The van der Waals surface area contributed by atoms with Crippen molar-refractivity contribution in [3.05, 3.63) is 65.5 Å². The number of nitrogens with zero attached hydrogens (tertiary/aromatic N) is 1. The maximum atomic E-state index is 13.8. The van der Waals surface area contributed by atoms with Crippen molar-refractivity contribution >= 4 is 24.0 Å². The summed E-state index contributed by atoms with van der Waals surface area (Å²) in [5, 5.41) is 0. The van der Waals surface area contributed by atoms with E-state index in [4.69, 9.17) is 5.73 Å². The lowest BCUT2D eigenvalue weighted by molar-refractivity contribution is -0.132. The Hall–Kier alpha value is -2.07. The first kappa shape index (κ1) is 18.3. The Kier molecular flexibility index (Phi) is 6.21. The predicted molar refractivity (Wildman–Crippen MR) is 96.4 cm³/mol. The molecule has 24 heavy (non-hydrogen) atoms. The zero-order valence-electron chi connectivity index (χ0n) is 13.5. The van der Waals surface area contributed by atoms with Crippen molar-refractivity contribution in [2.24, 2.45) is 0 Å². The molecule has 0 atom stereocenters. The molecule has 5 heteroatoms. The lowest BCUT2D eigenvalue weighted by Gasteiger charge is -2.23. The molecule has 1 saturated carbocycles. The van der Waals surface area contributed by atoms with Gasteiger partial charge in [-0.1, -0.05) is 36.4 Å². The second-order valence-corrected chi connectivity index (χ2v) is 6.04. The molecular formula is C19H22ClFN2O. The van der Waals surface area contributed by atoms with Gasteiger partial charge < -0.3 is 10.6 Å². The van der Waals surface area contributed by atoms with Crippen molar-refractivity contribution in [2.45, 2.75) is 38.3 Å². The minimum Gasteiger partial charge on any atom is -0.399 e. The molecule has 3 nitrogen and oxygen atoms in total. The molecule has 128 valence electrons. The Morgan fingerprint density at radius 1 is 1.08 bits per heavy atom. The van der Waals surface area contributed by atoms with Gasteiger partial charge in [0.2, 0.25) is 5.91 Å². The van der Waals surface area contributed by atoms with E-state index in [-0.39, 0.29) is 30.2 Å². The molecule has 0 radical (unpaired) electrons. The number of nitrogen functional groups attached to an aromatic ring is 1. The van der Waals surface area contributed by atoms with E-state index in [9.17, 15) is 9.18 Å². The third-order valence-electron chi connectivity index (χ3n) is 4.27. The van der Waals surface area contributed by atoms with Crippen LogP contribution in [0, 0.1) is 5.82 Å². The molecule has 0 heterocycles. The zero-order chi connectivity index (χ0) is 16.2. The minimum atomic E-state index is -0.252. The van der Waals surface area contributed by atoms with Crippen molar-refractivity contribution in [2.75, 3.05) is 5.73 Å². The first-order valence-corrected chi connectivity index (χ1v) is 8.01. The van der Waals surface area contributed by atoms with Crippen LogP contribution in [0.3, 0.4) is 0 Å². The van der Waals surface area contributed by atoms with Gasteiger partial charge in [-0.25, -0.2) is 4.39 Å². The molecule has 0 bridgehead atoms. The van der Waals surface area contributed by atoms with Crippen LogP contribution in [0.4, 0.5) is 10.1 Å². The topological polar surface area (TPSA) is 46.3 Å². The predicted octanol–water partition coefficient (Wildman–Crippen LogP) is 3.95. The van der Waals surface area contributed by atoms with E-state index in [0.717, 1.165) is 18.4 Å². The first-order chi connectivity index (χ1) is 11.1. The summed E-state index contributed by atoms with van der Waals surface area (Å²) in [5.74, 6) is -0.183. The second kappa shape index (κ2) is 8.15. The van der Waals surface area contributed by atoms with Gasteiger partial charge in [-0.2, -0.15) is 0 Å². The number of halogens is 2. The fourth-order valence-electron chi connectivity index (χ4n) is 2.76. The average molecular weight is 349 g/mol. The van der Waals surface area contributed by atoms with Crippen LogP contribution in [0.5, 0.6) is 0 Å². The molecule has 1 aliphatic rings. The molecule has 1 fully saturated rings. The van der Waals surface area contributed by atoms with Crippen LogP contribution in [-0.4, -0.2) is 16.8 Å².